The molecule has 1 N–H and O–H groups in total. The van der Waals surface area contributed by atoms with Crippen molar-refractivity contribution in [1.82, 2.24) is 10.5 Å². The predicted molar refractivity (Wildman–Crippen MR) is 94.3 cm³/mol. The maximum Gasteiger partial charge on any atom is 0.226 e. The fourth-order valence-electron chi connectivity index (χ4n) is 5.96. The van der Waals surface area contributed by atoms with Crippen molar-refractivity contribution >= 4 is 5.91 Å². The molecule has 0 atom stereocenters. The molecular weight excluding hydrogens is 350 g/mol. The van der Waals surface area contributed by atoms with Gasteiger partial charge in [0.15, 0.2) is 5.76 Å². The minimum Gasteiger partial charge on any atom is -0.356 e. The first-order valence-electron chi connectivity index (χ1n) is 9.70. The third-order valence-corrected chi connectivity index (χ3v) is 6.71. The van der Waals surface area contributed by atoms with Gasteiger partial charge in [0.1, 0.15) is 17.3 Å². The van der Waals surface area contributed by atoms with E-state index < -0.39 is 11.6 Å². The lowest BCUT2D eigenvalue weighted by Gasteiger charge is -2.55. The standard InChI is InChI=1S/C21H22F2N2O2/c22-15-1-2-17(18(23)6-15)19-7-16(25-27-19)11-24-20(26)21-8-12-3-13(9-21)5-14(4-12)10-21/h1-2,6-7,12-14H,3-5,8-11H2,(H,24,26). The van der Waals surface area contributed by atoms with Crippen molar-refractivity contribution in [3.63, 3.8) is 0 Å². The Morgan fingerprint density at radius 2 is 1.78 bits per heavy atom. The number of hydrogen-bond acceptors (Lipinski definition) is 3. The summed E-state index contributed by atoms with van der Waals surface area (Å²) in [5, 5.41) is 6.95. The second-order valence-corrected chi connectivity index (χ2v) is 8.69. The van der Waals surface area contributed by atoms with Crippen LogP contribution in [0.1, 0.15) is 44.2 Å². The van der Waals surface area contributed by atoms with Crippen molar-refractivity contribution in [1.29, 1.82) is 0 Å². The fourth-order valence-corrected chi connectivity index (χ4v) is 5.96. The normalized spacial score (nSPS) is 31.3. The number of carbonyl (C=O) groups is 1. The van der Waals surface area contributed by atoms with Crippen LogP contribution >= 0.6 is 0 Å². The molecule has 0 saturated heterocycles. The van der Waals surface area contributed by atoms with E-state index in [4.69, 9.17) is 4.52 Å². The van der Waals surface area contributed by atoms with Crippen molar-refractivity contribution in [2.45, 2.75) is 45.1 Å². The van der Waals surface area contributed by atoms with E-state index in [2.05, 4.69) is 10.5 Å². The number of nitrogens with zero attached hydrogens (tertiary/aromatic N) is 1. The van der Waals surface area contributed by atoms with Crippen molar-refractivity contribution in [2.24, 2.45) is 23.2 Å². The summed E-state index contributed by atoms with van der Waals surface area (Å²) in [6.07, 6.45) is 6.91. The molecule has 0 radical (unpaired) electrons. The van der Waals surface area contributed by atoms with Crippen LogP contribution in [0.15, 0.2) is 28.8 Å². The first-order chi connectivity index (χ1) is 13.0. The number of benzene rings is 1. The summed E-state index contributed by atoms with van der Waals surface area (Å²) in [6, 6.07) is 4.90. The second kappa shape index (κ2) is 6.14. The Labute approximate surface area is 156 Å². The minimum atomic E-state index is -0.699. The monoisotopic (exact) mass is 372 g/mol. The lowest BCUT2D eigenvalue weighted by atomic mass is 9.49. The largest absolute Gasteiger partial charge is 0.356 e. The zero-order valence-electron chi connectivity index (χ0n) is 15.0. The highest BCUT2D eigenvalue weighted by Gasteiger charge is 2.54. The Morgan fingerprint density at radius 3 is 2.41 bits per heavy atom. The molecule has 2 aromatic rings. The molecule has 0 unspecified atom stereocenters. The van der Waals surface area contributed by atoms with Crippen LogP contribution in [0.5, 0.6) is 0 Å². The molecule has 4 bridgehead atoms. The number of carbonyl (C=O) groups excluding carboxylic acids is 1. The maximum absolute atomic E-state index is 13.9. The van der Waals surface area contributed by atoms with E-state index in [1.54, 1.807) is 6.07 Å². The number of halogens is 2. The van der Waals surface area contributed by atoms with Crippen molar-refractivity contribution in [3.05, 3.63) is 41.6 Å². The molecule has 142 valence electrons. The molecule has 4 nitrogen and oxygen atoms in total. The van der Waals surface area contributed by atoms with E-state index in [1.165, 1.54) is 31.4 Å². The zero-order chi connectivity index (χ0) is 18.6. The molecule has 6 heteroatoms. The van der Waals surface area contributed by atoms with Crippen LogP contribution in [0, 0.1) is 34.8 Å². The summed E-state index contributed by atoms with van der Waals surface area (Å²) < 4.78 is 32.1. The lowest BCUT2D eigenvalue weighted by Crippen LogP contribution is -2.53. The molecule has 1 amide bonds. The molecule has 27 heavy (non-hydrogen) atoms. The number of aromatic nitrogens is 1. The Balaban J connectivity index is 1.27. The summed E-state index contributed by atoms with van der Waals surface area (Å²) in [7, 11) is 0. The predicted octanol–water partition coefficient (Wildman–Crippen LogP) is 4.45. The maximum atomic E-state index is 13.9. The van der Waals surface area contributed by atoms with Crippen LogP contribution in [0.4, 0.5) is 8.78 Å². The van der Waals surface area contributed by atoms with E-state index in [1.807, 2.05) is 0 Å². The summed E-state index contributed by atoms with van der Waals surface area (Å²) in [5.74, 6) is 1.14. The van der Waals surface area contributed by atoms with Crippen molar-refractivity contribution in [3.8, 4) is 11.3 Å². The highest BCUT2D eigenvalue weighted by atomic mass is 19.1. The summed E-state index contributed by atoms with van der Waals surface area (Å²) in [4.78, 5) is 13.0. The Morgan fingerprint density at radius 1 is 1.11 bits per heavy atom. The number of nitrogens with one attached hydrogen (secondary N) is 1. The Hall–Kier alpha value is -2.24. The van der Waals surface area contributed by atoms with Crippen LogP contribution in [0.25, 0.3) is 11.3 Å². The van der Waals surface area contributed by atoms with Gasteiger partial charge in [0.25, 0.3) is 0 Å². The molecule has 4 fully saturated rings. The van der Waals surface area contributed by atoms with Crippen LogP contribution in [-0.4, -0.2) is 11.1 Å². The average Bonchev–Trinajstić information content (AvgIpc) is 3.07. The highest BCUT2D eigenvalue weighted by Crippen LogP contribution is 2.60. The molecular formula is C21H22F2N2O2. The van der Waals surface area contributed by atoms with Gasteiger partial charge in [0.2, 0.25) is 5.91 Å². The molecule has 6 rings (SSSR count). The third-order valence-electron chi connectivity index (χ3n) is 6.71. The smallest absolute Gasteiger partial charge is 0.226 e. The molecule has 1 aromatic heterocycles. The Kier molecular flexibility index (Phi) is 3.85. The van der Waals surface area contributed by atoms with Gasteiger partial charge < -0.3 is 9.84 Å². The van der Waals surface area contributed by atoms with Gasteiger partial charge in [-0.25, -0.2) is 8.78 Å². The van der Waals surface area contributed by atoms with E-state index in [0.29, 0.717) is 23.4 Å². The molecule has 1 aromatic carbocycles. The van der Waals surface area contributed by atoms with Gasteiger partial charge in [-0.3, -0.25) is 4.79 Å². The van der Waals surface area contributed by atoms with E-state index in [9.17, 15) is 13.6 Å². The molecule has 4 aliphatic rings. The summed E-state index contributed by atoms with van der Waals surface area (Å²) >= 11 is 0. The first-order valence-corrected chi connectivity index (χ1v) is 9.70. The topological polar surface area (TPSA) is 55.1 Å². The van der Waals surface area contributed by atoms with Gasteiger partial charge in [-0.1, -0.05) is 5.16 Å². The fraction of sp³-hybridized carbons (Fsp3) is 0.524. The van der Waals surface area contributed by atoms with Gasteiger partial charge in [0, 0.05) is 17.5 Å². The third kappa shape index (κ3) is 2.95. The molecule has 0 aliphatic heterocycles. The molecule has 4 saturated carbocycles. The number of hydrogen-bond donors (Lipinski definition) is 1. The van der Waals surface area contributed by atoms with E-state index >= 15 is 0 Å². The van der Waals surface area contributed by atoms with Crippen LogP contribution in [-0.2, 0) is 11.3 Å². The van der Waals surface area contributed by atoms with Gasteiger partial charge in [-0.15, -0.1) is 0 Å². The van der Waals surface area contributed by atoms with E-state index in [0.717, 1.165) is 25.3 Å². The van der Waals surface area contributed by atoms with Gasteiger partial charge >= 0.3 is 0 Å². The summed E-state index contributed by atoms with van der Waals surface area (Å²) in [6.45, 7) is 0.257. The highest BCUT2D eigenvalue weighted by molar-refractivity contribution is 5.83. The second-order valence-electron chi connectivity index (χ2n) is 8.69. The van der Waals surface area contributed by atoms with Gasteiger partial charge in [-0.2, -0.15) is 0 Å². The molecule has 1 heterocycles. The minimum absolute atomic E-state index is 0.124. The Bertz CT molecular complexity index is 857. The van der Waals surface area contributed by atoms with Gasteiger partial charge in [-0.05, 0) is 68.4 Å². The summed E-state index contributed by atoms with van der Waals surface area (Å²) in [5.41, 5.74) is 0.485. The zero-order valence-corrected chi connectivity index (χ0v) is 15.0. The molecule has 4 aliphatic carbocycles. The first kappa shape index (κ1) is 16.9. The van der Waals surface area contributed by atoms with Crippen LogP contribution in [0.3, 0.4) is 0 Å². The lowest BCUT2D eigenvalue weighted by molar-refractivity contribution is -0.146. The van der Waals surface area contributed by atoms with Gasteiger partial charge in [0.05, 0.1) is 12.1 Å². The number of amides is 1. The van der Waals surface area contributed by atoms with Crippen molar-refractivity contribution in [2.75, 3.05) is 0 Å². The van der Waals surface area contributed by atoms with Crippen LogP contribution in [0.2, 0.25) is 0 Å². The number of rotatable bonds is 4. The molecule has 0 spiro atoms. The quantitative estimate of drug-likeness (QED) is 0.863. The average molecular weight is 372 g/mol. The SMILES string of the molecule is O=C(NCc1cc(-c2ccc(F)cc2F)on1)C12CC3CC(CC(C3)C1)C2. The van der Waals surface area contributed by atoms with Crippen molar-refractivity contribution < 1.29 is 18.1 Å². The van der Waals surface area contributed by atoms with E-state index in [-0.39, 0.29) is 29.2 Å². The van der Waals surface area contributed by atoms with Crippen LogP contribution < -0.4 is 5.32 Å².